The maximum absolute atomic E-state index is 11.9. The lowest BCUT2D eigenvalue weighted by Gasteiger charge is -2.13. The van der Waals surface area contributed by atoms with Crippen molar-refractivity contribution in [3.63, 3.8) is 0 Å². The normalized spacial score (nSPS) is 10.7. The van der Waals surface area contributed by atoms with Gasteiger partial charge < -0.3 is 9.47 Å². The van der Waals surface area contributed by atoms with Crippen molar-refractivity contribution in [1.29, 1.82) is 0 Å². The molecule has 0 heterocycles. The Morgan fingerprint density at radius 3 is 1.67 bits per heavy atom. The van der Waals surface area contributed by atoms with Gasteiger partial charge >= 0.3 is 6.16 Å². The minimum Gasteiger partial charge on any atom is -0.393 e. The molecule has 0 fully saturated rings. The lowest BCUT2D eigenvalue weighted by molar-refractivity contribution is 0.152. The summed E-state index contributed by atoms with van der Waals surface area (Å²) in [7, 11) is 0. The van der Waals surface area contributed by atoms with Gasteiger partial charge in [-0.25, -0.2) is 4.79 Å². The summed E-state index contributed by atoms with van der Waals surface area (Å²) in [5.41, 5.74) is 0. The van der Waals surface area contributed by atoms with E-state index in [9.17, 15) is 4.79 Å². The third kappa shape index (κ3) is 4.05. The second-order valence-corrected chi connectivity index (χ2v) is 7.08. The molecule has 2 rings (SSSR count). The van der Waals surface area contributed by atoms with Crippen LogP contribution in [0, 0.1) is 0 Å². The highest BCUT2D eigenvalue weighted by Gasteiger charge is 2.24. The first-order valence-electron chi connectivity index (χ1n) is 5.69. The van der Waals surface area contributed by atoms with Gasteiger partial charge in [-0.2, -0.15) is 0 Å². The summed E-state index contributed by atoms with van der Waals surface area (Å²) in [6, 6.07) is 2.71. The number of benzene rings is 2. The number of ether oxygens (including phenoxy) is 2. The zero-order chi connectivity index (χ0) is 18.2. The van der Waals surface area contributed by atoms with Crippen molar-refractivity contribution in [3.8, 4) is 11.5 Å². The third-order valence-corrected chi connectivity index (χ3v) is 6.07. The van der Waals surface area contributed by atoms with Gasteiger partial charge in [-0.1, -0.05) is 92.8 Å². The number of carbonyl (C=O) groups excluding carboxylic acids is 1. The molecule has 0 saturated heterocycles. The van der Waals surface area contributed by atoms with Crippen LogP contribution in [0.5, 0.6) is 11.5 Å². The van der Waals surface area contributed by atoms with Crippen LogP contribution < -0.4 is 9.47 Å². The third-order valence-electron chi connectivity index (χ3n) is 2.55. The summed E-state index contributed by atoms with van der Waals surface area (Å²) >= 11 is 47.0. The Balaban J connectivity index is 2.30. The van der Waals surface area contributed by atoms with Crippen molar-refractivity contribution in [2.45, 2.75) is 0 Å². The molecule has 0 aliphatic rings. The van der Waals surface area contributed by atoms with Crippen LogP contribution in [-0.2, 0) is 0 Å². The second-order valence-electron chi connectivity index (χ2n) is 4.03. The summed E-state index contributed by atoms with van der Waals surface area (Å²) < 4.78 is 9.87. The number of hydrogen-bond acceptors (Lipinski definition) is 3. The SMILES string of the molecule is O=C(Oc1ccc(Cl)c(Cl)c1Cl)Oc1c(Cl)c(Cl)c(Cl)c(Cl)c1Cl. The molecule has 0 N–H and O–H groups in total. The molecule has 0 saturated carbocycles. The number of carbonyl (C=O) groups is 1. The van der Waals surface area contributed by atoms with Crippen LogP contribution in [-0.4, -0.2) is 6.16 Å². The van der Waals surface area contributed by atoms with E-state index >= 15 is 0 Å². The molecule has 2 aromatic rings. The Hall–Kier alpha value is 0.0300. The molecule has 128 valence electrons. The topological polar surface area (TPSA) is 35.5 Å². The summed E-state index contributed by atoms with van der Waals surface area (Å²) in [5.74, 6) is -0.409. The molecule has 11 heteroatoms. The van der Waals surface area contributed by atoms with Gasteiger partial charge in [0.1, 0.15) is 15.1 Å². The zero-order valence-corrected chi connectivity index (χ0v) is 17.0. The van der Waals surface area contributed by atoms with Gasteiger partial charge in [-0.05, 0) is 12.1 Å². The molecule has 0 unspecified atom stereocenters. The number of halogens is 8. The van der Waals surface area contributed by atoms with E-state index in [-0.39, 0.29) is 51.7 Å². The van der Waals surface area contributed by atoms with E-state index in [1.807, 2.05) is 0 Å². The molecule has 0 aliphatic heterocycles. The van der Waals surface area contributed by atoms with Crippen molar-refractivity contribution < 1.29 is 14.3 Å². The van der Waals surface area contributed by atoms with Crippen molar-refractivity contribution >= 4 is 99.0 Å². The predicted octanol–water partition coefficient (Wildman–Crippen LogP) is 8.49. The minimum absolute atomic E-state index is 0.0114. The first-order valence-corrected chi connectivity index (χ1v) is 8.72. The highest BCUT2D eigenvalue weighted by Crippen LogP contribution is 2.48. The molecule has 24 heavy (non-hydrogen) atoms. The van der Waals surface area contributed by atoms with E-state index in [1.54, 1.807) is 0 Å². The standard InChI is InChI=1S/C13H2Cl8O3/c14-3-1-2-4(6(16)5(3)15)23-13(22)24-12-10(20)8(18)7(17)9(19)11(12)21/h1-2H. The average molecular weight is 490 g/mol. The van der Waals surface area contributed by atoms with Gasteiger partial charge in [0.05, 0.1) is 25.1 Å². The van der Waals surface area contributed by atoms with Gasteiger partial charge in [0, 0.05) is 0 Å². The number of hydrogen-bond donors (Lipinski definition) is 0. The molecule has 3 nitrogen and oxygen atoms in total. The molecule has 0 radical (unpaired) electrons. The summed E-state index contributed by atoms with van der Waals surface area (Å²) in [6.45, 7) is 0. The largest absolute Gasteiger partial charge is 0.519 e. The summed E-state index contributed by atoms with van der Waals surface area (Å²) in [5, 5.41) is -0.665. The highest BCUT2D eigenvalue weighted by atomic mass is 35.5. The summed E-state index contributed by atoms with van der Waals surface area (Å²) in [4.78, 5) is 11.9. The molecule has 2 aromatic carbocycles. The molecule has 0 aromatic heterocycles. The van der Waals surface area contributed by atoms with Crippen molar-refractivity contribution in [3.05, 3.63) is 52.3 Å². The minimum atomic E-state index is -1.21. The molecule has 0 bridgehead atoms. The zero-order valence-electron chi connectivity index (χ0n) is 10.9. The maximum Gasteiger partial charge on any atom is 0.519 e. The smallest absolute Gasteiger partial charge is 0.393 e. The Kier molecular flexibility index (Phi) is 6.91. The van der Waals surface area contributed by atoms with Crippen molar-refractivity contribution in [2.75, 3.05) is 0 Å². The Morgan fingerprint density at radius 2 is 1.12 bits per heavy atom. The Labute approximate surface area is 176 Å². The van der Waals surface area contributed by atoms with Gasteiger partial charge in [-0.3, -0.25) is 0 Å². The first kappa shape index (κ1) is 20.3. The first-order chi connectivity index (χ1) is 11.1. The molecular formula is C13H2Cl8O3. The van der Waals surface area contributed by atoms with Gasteiger partial charge in [0.15, 0.2) is 11.5 Å². The predicted molar refractivity (Wildman–Crippen MR) is 99.6 cm³/mol. The van der Waals surface area contributed by atoms with E-state index in [4.69, 9.17) is 102 Å². The van der Waals surface area contributed by atoms with Crippen molar-refractivity contribution in [2.24, 2.45) is 0 Å². The molecule has 0 aliphatic carbocycles. The van der Waals surface area contributed by atoms with E-state index in [0.29, 0.717) is 0 Å². The fourth-order valence-electron chi connectivity index (χ4n) is 1.46. The lowest BCUT2D eigenvalue weighted by Crippen LogP contribution is -2.14. The Morgan fingerprint density at radius 1 is 0.625 bits per heavy atom. The molecule has 0 amide bonds. The quantitative estimate of drug-likeness (QED) is 0.184. The van der Waals surface area contributed by atoms with E-state index in [1.165, 1.54) is 12.1 Å². The van der Waals surface area contributed by atoms with E-state index in [2.05, 4.69) is 0 Å². The molecule has 0 spiro atoms. The highest BCUT2D eigenvalue weighted by molar-refractivity contribution is 6.55. The summed E-state index contributed by atoms with van der Waals surface area (Å²) in [6.07, 6.45) is -1.21. The van der Waals surface area contributed by atoms with E-state index in [0.717, 1.165) is 0 Å². The average Bonchev–Trinajstić information content (AvgIpc) is 2.55. The molecule has 0 atom stereocenters. The van der Waals surface area contributed by atoms with Crippen LogP contribution in [0.15, 0.2) is 12.1 Å². The van der Waals surface area contributed by atoms with E-state index < -0.39 is 6.16 Å². The van der Waals surface area contributed by atoms with Crippen LogP contribution >= 0.6 is 92.8 Å². The Bertz CT molecular complexity index is 808. The van der Waals surface area contributed by atoms with Crippen molar-refractivity contribution in [1.82, 2.24) is 0 Å². The second kappa shape index (κ2) is 8.15. The van der Waals surface area contributed by atoms with Gasteiger partial charge in [0.25, 0.3) is 0 Å². The van der Waals surface area contributed by atoms with Crippen LogP contribution in [0.2, 0.25) is 40.2 Å². The van der Waals surface area contributed by atoms with Crippen LogP contribution in [0.25, 0.3) is 0 Å². The van der Waals surface area contributed by atoms with Crippen LogP contribution in [0.3, 0.4) is 0 Å². The van der Waals surface area contributed by atoms with Crippen LogP contribution in [0.1, 0.15) is 0 Å². The number of rotatable bonds is 2. The van der Waals surface area contributed by atoms with Gasteiger partial charge in [0.2, 0.25) is 0 Å². The fraction of sp³-hybridized carbons (Fsp3) is 0. The molecular weight excluding hydrogens is 488 g/mol. The maximum atomic E-state index is 11.9. The van der Waals surface area contributed by atoms with Gasteiger partial charge in [-0.15, -0.1) is 0 Å². The fourth-order valence-corrected chi connectivity index (χ4v) is 3.22. The monoisotopic (exact) mass is 486 g/mol. The lowest BCUT2D eigenvalue weighted by atomic mass is 10.3. The van der Waals surface area contributed by atoms with Crippen LogP contribution in [0.4, 0.5) is 4.79 Å².